The second kappa shape index (κ2) is 5.32. The molecule has 6 nitrogen and oxygen atoms in total. The van der Waals surface area contributed by atoms with Crippen LogP contribution >= 0.6 is 0 Å². The monoisotopic (exact) mass is 316 g/mol. The van der Waals surface area contributed by atoms with Gasteiger partial charge in [0.15, 0.2) is 0 Å². The van der Waals surface area contributed by atoms with E-state index in [0.717, 1.165) is 6.07 Å². The molecule has 2 rings (SSSR count). The minimum atomic E-state index is -4.23. The van der Waals surface area contributed by atoms with Crippen molar-refractivity contribution in [1.82, 2.24) is 9.78 Å². The summed E-state index contributed by atoms with van der Waals surface area (Å²) < 4.78 is 54.8. The number of aryl methyl sites for hydroxylation is 2. The highest BCUT2D eigenvalue weighted by molar-refractivity contribution is 7.92. The maximum absolute atomic E-state index is 13.7. The number of hydrogen-bond donors (Lipinski definition) is 2. The van der Waals surface area contributed by atoms with E-state index in [1.165, 1.54) is 10.9 Å². The van der Waals surface area contributed by atoms with Gasteiger partial charge in [-0.25, -0.2) is 17.2 Å². The molecule has 1 aromatic carbocycles. The lowest BCUT2D eigenvalue weighted by molar-refractivity contribution is 0.553. The molecule has 0 bridgehead atoms. The van der Waals surface area contributed by atoms with Crippen molar-refractivity contribution < 1.29 is 17.2 Å². The second-order valence-corrected chi connectivity index (χ2v) is 6.08. The minimum Gasteiger partial charge on any atom is -0.396 e. The van der Waals surface area contributed by atoms with Crippen molar-refractivity contribution in [3.8, 4) is 0 Å². The summed E-state index contributed by atoms with van der Waals surface area (Å²) in [4.78, 5) is -0.715. The van der Waals surface area contributed by atoms with E-state index in [1.54, 1.807) is 14.0 Å². The molecular formula is C12H14F2N4O2S. The lowest BCUT2D eigenvalue weighted by Crippen LogP contribution is -2.16. The average Bonchev–Trinajstić information content (AvgIpc) is 2.72. The highest BCUT2D eigenvalue weighted by Gasteiger charge is 2.23. The number of nitrogens with two attached hydrogens (primary N) is 1. The van der Waals surface area contributed by atoms with E-state index >= 15 is 0 Å². The van der Waals surface area contributed by atoms with Gasteiger partial charge in [0, 0.05) is 19.3 Å². The molecule has 3 N–H and O–H groups in total. The third-order valence-electron chi connectivity index (χ3n) is 2.83. The van der Waals surface area contributed by atoms with Gasteiger partial charge in [-0.15, -0.1) is 0 Å². The van der Waals surface area contributed by atoms with Crippen LogP contribution in [-0.4, -0.2) is 18.2 Å². The molecule has 1 aromatic heterocycles. The van der Waals surface area contributed by atoms with Crippen molar-refractivity contribution in [2.24, 2.45) is 7.05 Å². The summed E-state index contributed by atoms with van der Waals surface area (Å²) in [6.07, 6.45) is 1.95. The largest absolute Gasteiger partial charge is 0.396 e. The van der Waals surface area contributed by atoms with E-state index in [-0.39, 0.29) is 5.69 Å². The van der Waals surface area contributed by atoms with Crippen LogP contribution in [0.25, 0.3) is 0 Å². The third-order valence-corrected chi connectivity index (χ3v) is 4.21. The fraction of sp³-hybridized carbons (Fsp3) is 0.250. The van der Waals surface area contributed by atoms with Gasteiger partial charge >= 0.3 is 0 Å². The molecule has 0 fully saturated rings. The molecule has 9 heteroatoms. The number of benzene rings is 1. The summed E-state index contributed by atoms with van der Waals surface area (Å²) in [5.41, 5.74) is 5.59. The lowest BCUT2D eigenvalue weighted by Gasteiger charge is -2.09. The van der Waals surface area contributed by atoms with Gasteiger partial charge in [-0.2, -0.15) is 5.10 Å². The van der Waals surface area contributed by atoms with Crippen LogP contribution in [-0.2, 0) is 23.5 Å². The van der Waals surface area contributed by atoms with E-state index < -0.39 is 32.2 Å². The summed E-state index contributed by atoms with van der Waals surface area (Å²) in [6.45, 7) is 1.80. The van der Waals surface area contributed by atoms with Crippen molar-refractivity contribution in [2.75, 3.05) is 10.5 Å². The molecule has 0 amide bonds. The summed E-state index contributed by atoms with van der Waals surface area (Å²) in [6, 6.07) is 1.18. The number of anilines is 2. The molecule has 0 aliphatic heterocycles. The Hall–Kier alpha value is -2.16. The molecule has 0 aliphatic rings. The van der Waals surface area contributed by atoms with E-state index in [2.05, 4.69) is 9.82 Å². The van der Waals surface area contributed by atoms with Crippen molar-refractivity contribution in [2.45, 2.75) is 18.2 Å². The van der Waals surface area contributed by atoms with Crippen molar-refractivity contribution >= 4 is 21.4 Å². The molecule has 1 heterocycles. The van der Waals surface area contributed by atoms with Gasteiger partial charge < -0.3 is 5.73 Å². The Bertz CT molecular complexity index is 787. The molecule has 0 saturated heterocycles. The third kappa shape index (κ3) is 2.97. The van der Waals surface area contributed by atoms with Crippen LogP contribution in [0.2, 0.25) is 0 Å². The number of hydrogen-bond acceptors (Lipinski definition) is 4. The van der Waals surface area contributed by atoms with Crippen molar-refractivity contribution in [1.29, 1.82) is 0 Å². The number of aromatic nitrogens is 2. The zero-order valence-corrected chi connectivity index (χ0v) is 12.2. The number of rotatable bonds is 4. The molecule has 0 spiro atoms. The van der Waals surface area contributed by atoms with Crippen LogP contribution in [0.4, 0.5) is 20.2 Å². The number of nitrogens with one attached hydrogen (secondary N) is 1. The Morgan fingerprint density at radius 3 is 2.62 bits per heavy atom. The van der Waals surface area contributed by atoms with Gasteiger partial charge in [0.2, 0.25) is 0 Å². The molecule has 21 heavy (non-hydrogen) atoms. The topological polar surface area (TPSA) is 90.0 Å². The molecule has 0 aliphatic carbocycles. The van der Waals surface area contributed by atoms with Crippen molar-refractivity contribution in [3.05, 3.63) is 35.7 Å². The number of nitrogens with zero attached hydrogens (tertiary/aromatic N) is 2. The maximum Gasteiger partial charge on any atom is 0.265 e. The van der Waals surface area contributed by atoms with Gasteiger partial charge in [0.05, 0.1) is 17.1 Å². The molecule has 0 radical (unpaired) electrons. The van der Waals surface area contributed by atoms with Crippen molar-refractivity contribution in [3.63, 3.8) is 0 Å². The Balaban J connectivity index is 2.45. The molecule has 2 aromatic rings. The predicted molar refractivity (Wildman–Crippen MR) is 74.2 cm³/mol. The van der Waals surface area contributed by atoms with E-state index in [0.29, 0.717) is 18.2 Å². The first kappa shape index (κ1) is 15.2. The summed E-state index contributed by atoms with van der Waals surface area (Å²) in [5, 5.41) is 4.07. The lowest BCUT2D eigenvalue weighted by atomic mass is 10.3. The van der Waals surface area contributed by atoms with Gasteiger partial charge in [0.25, 0.3) is 10.0 Å². The zero-order chi connectivity index (χ0) is 15.8. The highest BCUT2D eigenvalue weighted by atomic mass is 32.2. The summed E-state index contributed by atoms with van der Waals surface area (Å²) >= 11 is 0. The Morgan fingerprint density at radius 1 is 1.33 bits per heavy atom. The van der Waals surface area contributed by atoms with Crippen LogP contribution in [0.15, 0.2) is 23.2 Å². The molecular weight excluding hydrogens is 302 g/mol. The van der Waals surface area contributed by atoms with Crippen LogP contribution in [0.1, 0.15) is 12.6 Å². The van der Waals surface area contributed by atoms with E-state index in [4.69, 9.17) is 5.73 Å². The van der Waals surface area contributed by atoms with Gasteiger partial charge in [-0.05, 0) is 12.5 Å². The summed E-state index contributed by atoms with van der Waals surface area (Å²) in [7, 11) is -2.60. The normalized spacial score (nSPS) is 11.6. The number of nitrogen functional groups attached to an aromatic ring is 1. The highest BCUT2D eigenvalue weighted by Crippen LogP contribution is 2.24. The predicted octanol–water partition coefficient (Wildman–Crippen LogP) is 1.64. The number of sulfonamides is 1. The van der Waals surface area contributed by atoms with E-state index in [9.17, 15) is 17.2 Å². The fourth-order valence-electron chi connectivity index (χ4n) is 1.83. The van der Waals surface area contributed by atoms with Crippen LogP contribution < -0.4 is 10.5 Å². The Labute approximate surface area is 120 Å². The second-order valence-electron chi connectivity index (χ2n) is 4.43. The standard InChI is InChI=1S/C12H14F2N4O2S/c1-3-10-11(6-18(2)16-10)17-21(19,20)12-5-9(15)7(13)4-8(12)14/h4-6,17H,3,15H2,1-2H3. The molecule has 0 unspecified atom stereocenters. The van der Waals surface area contributed by atoms with Crippen LogP contribution in [0, 0.1) is 11.6 Å². The summed E-state index contributed by atoms with van der Waals surface area (Å²) in [5.74, 6) is -2.22. The molecule has 114 valence electrons. The first-order valence-electron chi connectivity index (χ1n) is 6.04. The fourth-order valence-corrected chi connectivity index (χ4v) is 3.00. The SMILES string of the molecule is CCc1nn(C)cc1NS(=O)(=O)c1cc(N)c(F)cc1F. The number of halogens is 2. The quantitative estimate of drug-likeness (QED) is 0.839. The molecule has 0 saturated carbocycles. The first-order valence-corrected chi connectivity index (χ1v) is 7.52. The van der Waals surface area contributed by atoms with Gasteiger partial charge in [-0.1, -0.05) is 6.92 Å². The van der Waals surface area contributed by atoms with Crippen LogP contribution in [0.5, 0.6) is 0 Å². The van der Waals surface area contributed by atoms with E-state index in [1.807, 2.05) is 0 Å². The average molecular weight is 316 g/mol. The minimum absolute atomic E-state index is 0.238. The smallest absolute Gasteiger partial charge is 0.265 e. The zero-order valence-electron chi connectivity index (χ0n) is 11.4. The molecule has 0 atom stereocenters. The van der Waals surface area contributed by atoms with Gasteiger partial charge in [-0.3, -0.25) is 9.40 Å². The maximum atomic E-state index is 13.7. The van der Waals surface area contributed by atoms with Gasteiger partial charge in [0.1, 0.15) is 16.5 Å². The Kier molecular flexibility index (Phi) is 3.86. The Morgan fingerprint density at radius 2 is 2.00 bits per heavy atom. The first-order chi connectivity index (χ1) is 9.74. The van der Waals surface area contributed by atoms with Crippen LogP contribution in [0.3, 0.4) is 0 Å².